The molecule has 1 atom stereocenters. The van der Waals surface area contributed by atoms with Crippen molar-refractivity contribution in [2.45, 2.75) is 37.2 Å². The number of anilines is 1. The van der Waals surface area contributed by atoms with Crippen LogP contribution in [0.25, 0.3) is 0 Å². The zero-order valence-corrected chi connectivity index (χ0v) is 12.1. The van der Waals surface area contributed by atoms with Crippen LogP contribution in [0.5, 0.6) is 0 Å². The van der Waals surface area contributed by atoms with Crippen LogP contribution in [-0.4, -0.2) is 33.6 Å². The molecule has 1 saturated heterocycles. The number of hydrogen-bond donors (Lipinski definition) is 3. The predicted octanol–water partition coefficient (Wildman–Crippen LogP) is 1.15. The third-order valence-corrected chi connectivity index (χ3v) is 4.70. The molecule has 1 aliphatic rings. The summed E-state index contributed by atoms with van der Waals surface area (Å²) in [6.45, 7) is 5.46. The number of benzene rings is 1. The average Bonchev–Trinajstić information content (AvgIpc) is 2.80. The first-order valence-electron chi connectivity index (χ1n) is 6.57. The Balaban J connectivity index is 2.24. The highest BCUT2D eigenvalue weighted by Crippen LogP contribution is 2.22. The molecule has 0 radical (unpaired) electrons. The minimum Gasteiger partial charge on any atom is -0.380 e. The second kappa shape index (κ2) is 5.90. The molecule has 0 aromatic heterocycles. The number of nitrogens with one attached hydrogen (secondary N) is 3. The second-order valence-corrected chi connectivity index (χ2v) is 6.79. The fraction of sp³-hybridized carbons (Fsp3) is 0.538. The van der Waals surface area contributed by atoms with E-state index in [9.17, 15) is 8.42 Å². The van der Waals surface area contributed by atoms with Crippen molar-refractivity contribution in [2.75, 3.05) is 18.4 Å². The molecule has 1 aromatic rings. The van der Waals surface area contributed by atoms with Crippen LogP contribution in [0, 0.1) is 0 Å². The van der Waals surface area contributed by atoms with E-state index in [-0.39, 0.29) is 12.1 Å². The molecule has 0 spiro atoms. The van der Waals surface area contributed by atoms with Crippen molar-refractivity contribution in [2.24, 2.45) is 0 Å². The fourth-order valence-electron chi connectivity index (χ4n) is 2.19. The molecule has 1 fully saturated rings. The van der Waals surface area contributed by atoms with Gasteiger partial charge in [-0.05, 0) is 38.9 Å². The monoisotopic (exact) mass is 283 g/mol. The molecule has 2 rings (SSSR count). The molecule has 1 heterocycles. The zero-order chi connectivity index (χ0) is 13.9. The largest absolute Gasteiger partial charge is 0.380 e. The summed E-state index contributed by atoms with van der Waals surface area (Å²) in [5.41, 5.74) is 0.671. The van der Waals surface area contributed by atoms with Crippen molar-refractivity contribution in [3.8, 4) is 0 Å². The van der Waals surface area contributed by atoms with E-state index in [0.717, 1.165) is 19.5 Å². The lowest BCUT2D eigenvalue weighted by Gasteiger charge is -2.17. The second-order valence-electron chi connectivity index (χ2n) is 5.11. The molecule has 106 valence electrons. The van der Waals surface area contributed by atoms with Crippen LogP contribution in [0.3, 0.4) is 0 Å². The van der Waals surface area contributed by atoms with Crippen LogP contribution in [0.4, 0.5) is 5.69 Å². The van der Waals surface area contributed by atoms with Gasteiger partial charge in [-0.2, -0.15) is 0 Å². The number of sulfonamides is 1. The molecule has 1 unspecified atom stereocenters. The van der Waals surface area contributed by atoms with Gasteiger partial charge in [-0.25, -0.2) is 13.1 Å². The molecule has 0 aliphatic carbocycles. The maximum atomic E-state index is 12.3. The first kappa shape index (κ1) is 14.3. The highest BCUT2D eigenvalue weighted by atomic mass is 32.2. The van der Waals surface area contributed by atoms with Gasteiger partial charge in [0.05, 0.1) is 5.69 Å². The minimum atomic E-state index is -3.46. The SMILES string of the molecule is CC(C)NS(=O)(=O)c1ccccc1NC1CCNC1. The summed E-state index contributed by atoms with van der Waals surface area (Å²) in [6.07, 6.45) is 1.01. The predicted molar refractivity (Wildman–Crippen MR) is 76.8 cm³/mol. The third kappa shape index (κ3) is 3.68. The number of hydrogen-bond acceptors (Lipinski definition) is 4. The molecule has 0 bridgehead atoms. The molecule has 19 heavy (non-hydrogen) atoms. The van der Waals surface area contributed by atoms with Crippen LogP contribution < -0.4 is 15.4 Å². The molecule has 0 amide bonds. The molecule has 1 aliphatic heterocycles. The van der Waals surface area contributed by atoms with Crippen LogP contribution in [0.1, 0.15) is 20.3 Å². The van der Waals surface area contributed by atoms with E-state index in [2.05, 4.69) is 15.4 Å². The quantitative estimate of drug-likeness (QED) is 0.758. The molecule has 0 saturated carbocycles. The van der Waals surface area contributed by atoms with Crippen LogP contribution in [0.15, 0.2) is 29.2 Å². The topological polar surface area (TPSA) is 70.2 Å². The standard InChI is InChI=1S/C13H21N3O2S/c1-10(2)16-19(17,18)13-6-4-3-5-12(13)15-11-7-8-14-9-11/h3-6,10-11,14-16H,7-9H2,1-2H3. The Morgan fingerprint density at radius 2 is 2.05 bits per heavy atom. The summed E-state index contributed by atoms with van der Waals surface area (Å²) < 4.78 is 27.2. The maximum Gasteiger partial charge on any atom is 0.242 e. The summed E-state index contributed by atoms with van der Waals surface area (Å²) in [4.78, 5) is 0.315. The van der Waals surface area contributed by atoms with Crippen LogP contribution >= 0.6 is 0 Å². The van der Waals surface area contributed by atoms with E-state index in [1.165, 1.54) is 0 Å². The van der Waals surface area contributed by atoms with Gasteiger partial charge in [0, 0.05) is 18.6 Å². The van der Waals surface area contributed by atoms with Crippen LogP contribution in [-0.2, 0) is 10.0 Å². The molecule has 3 N–H and O–H groups in total. The summed E-state index contributed by atoms with van der Waals surface area (Å²) in [5.74, 6) is 0. The number of para-hydroxylation sites is 1. The van der Waals surface area contributed by atoms with E-state index in [4.69, 9.17) is 0 Å². The summed E-state index contributed by atoms with van der Waals surface area (Å²) in [6, 6.07) is 7.20. The van der Waals surface area contributed by atoms with Crippen molar-refractivity contribution >= 4 is 15.7 Å². The van der Waals surface area contributed by atoms with Gasteiger partial charge in [0.1, 0.15) is 4.90 Å². The lowest BCUT2D eigenvalue weighted by Crippen LogP contribution is -2.31. The van der Waals surface area contributed by atoms with Crippen molar-refractivity contribution in [3.63, 3.8) is 0 Å². The van der Waals surface area contributed by atoms with Crippen molar-refractivity contribution in [1.82, 2.24) is 10.0 Å². The van der Waals surface area contributed by atoms with E-state index in [1.54, 1.807) is 12.1 Å². The molecular weight excluding hydrogens is 262 g/mol. The minimum absolute atomic E-state index is 0.119. The Bertz CT molecular complexity index is 522. The Kier molecular flexibility index (Phi) is 4.44. The molecule has 1 aromatic carbocycles. The third-order valence-electron chi connectivity index (χ3n) is 2.99. The smallest absolute Gasteiger partial charge is 0.242 e. The van der Waals surface area contributed by atoms with E-state index in [1.807, 2.05) is 26.0 Å². The Morgan fingerprint density at radius 1 is 1.32 bits per heavy atom. The zero-order valence-electron chi connectivity index (χ0n) is 11.3. The van der Waals surface area contributed by atoms with Gasteiger partial charge in [0.15, 0.2) is 0 Å². The van der Waals surface area contributed by atoms with E-state index >= 15 is 0 Å². The highest BCUT2D eigenvalue weighted by Gasteiger charge is 2.21. The van der Waals surface area contributed by atoms with Crippen molar-refractivity contribution in [1.29, 1.82) is 0 Å². The van der Waals surface area contributed by atoms with E-state index < -0.39 is 10.0 Å². The van der Waals surface area contributed by atoms with Crippen molar-refractivity contribution < 1.29 is 8.42 Å². The van der Waals surface area contributed by atoms with Gasteiger partial charge in [-0.3, -0.25) is 0 Å². The van der Waals surface area contributed by atoms with Gasteiger partial charge in [-0.1, -0.05) is 12.1 Å². The normalized spacial score (nSPS) is 19.8. The Hall–Kier alpha value is -1.11. The van der Waals surface area contributed by atoms with Gasteiger partial charge in [0.2, 0.25) is 10.0 Å². The molecule has 6 heteroatoms. The molecular formula is C13H21N3O2S. The molecule has 5 nitrogen and oxygen atoms in total. The fourth-order valence-corrected chi connectivity index (χ4v) is 3.61. The van der Waals surface area contributed by atoms with Crippen molar-refractivity contribution in [3.05, 3.63) is 24.3 Å². The van der Waals surface area contributed by atoms with E-state index in [0.29, 0.717) is 10.6 Å². The van der Waals surface area contributed by atoms with Gasteiger partial charge < -0.3 is 10.6 Å². The van der Waals surface area contributed by atoms with Crippen LogP contribution in [0.2, 0.25) is 0 Å². The Labute approximate surface area is 114 Å². The van der Waals surface area contributed by atoms with Gasteiger partial charge in [-0.15, -0.1) is 0 Å². The highest BCUT2D eigenvalue weighted by molar-refractivity contribution is 7.89. The first-order valence-corrected chi connectivity index (χ1v) is 8.06. The lowest BCUT2D eigenvalue weighted by atomic mass is 10.2. The van der Waals surface area contributed by atoms with Gasteiger partial charge >= 0.3 is 0 Å². The number of rotatable bonds is 5. The average molecular weight is 283 g/mol. The summed E-state index contributed by atoms with van der Waals surface area (Å²) in [7, 11) is -3.46. The maximum absolute atomic E-state index is 12.3. The Morgan fingerprint density at radius 3 is 2.68 bits per heavy atom. The van der Waals surface area contributed by atoms with Gasteiger partial charge in [0.25, 0.3) is 0 Å². The summed E-state index contributed by atoms with van der Waals surface area (Å²) in [5, 5.41) is 6.56. The lowest BCUT2D eigenvalue weighted by molar-refractivity contribution is 0.570. The summed E-state index contributed by atoms with van der Waals surface area (Å²) >= 11 is 0. The first-order chi connectivity index (χ1) is 8.99.